The molecule has 4 rings (SSSR count). The van der Waals surface area contributed by atoms with E-state index < -0.39 is 35.5 Å². The number of esters is 2. The molecule has 14 nitrogen and oxygen atoms in total. The maximum Gasteiger partial charge on any atom is 0.328 e. The highest BCUT2D eigenvalue weighted by Crippen LogP contribution is 2.35. The highest BCUT2D eigenvalue weighted by atomic mass is 16.7. The minimum Gasteiger partial charge on any atom is -0.466 e. The Hall–Kier alpha value is -4.53. The molecule has 2 aromatic rings. The van der Waals surface area contributed by atoms with Crippen LogP contribution in [0.25, 0.3) is 5.57 Å². The van der Waals surface area contributed by atoms with Gasteiger partial charge in [-0.25, -0.2) is 9.79 Å². The molecule has 4 N–H and O–H groups in total. The first-order chi connectivity index (χ1) is 23.4. The molecule has 3 heterocycles. The molecule has 49 heavy (non-hydrogen) atoms. The van der Waals surface area contributed by atoms with E-state index in [9.17, 15) is 24.3 Å². The molecule has 2 aliphatic heterocycles. The second-order valence-electron chi connectivity index (χ2n) is 12.7. The Labute approximate surface area is 286 Å². The summed E-state index contributed by atoms with van der Waals surface area (Å²) in [5.41, 5.74) is 1.53. The van der Waals surface area contributed by atoms with E-state index in [1.54, 1.807) is 71.2 Å². The third kappa shape index (κ3) is 10.5. The number of hydrogen-bond acceptors (Lipinski definition) is 11. The molecular formula is C35H47N5O9. The van der Waals surface area contributed by atoms with E-state index in [4.69, 9.17) is 18.9 Å². The minimum atomic E-state index is -1.12. The normalized spacial score (nSPS) is 18.3. The fourth-order valence-electron chi connectivity index (χ4n) is 5.06. The number of aliphatic imine (C=N–C) groups is 1. The molecule has 266 valence electrons. The minimum absolute atomic E-state index is 0.0297. The van der Waals surface area contributed by atoms with Gasteiger partial charge in [0.1, 0.15) is 17.7 Å². The highest BCUT2D eigenvalue weighted by Gasteiger charge is 2.28. The number of rotatable bonds is 14. The fraction of sp³-hybridized carbons (Fsp3) is 0.514. The number of aromatic nitrogens is 1. The number of carbonyl (C=O) groups excluding carboxylic acids is 4. The number of nitrogens with zero attached hydrogens (tertiary/aromatic N) is 2. The molecular weight excluding hydrogens is 634 g/mol. The standard InChI is InChI=1S/C35H47N5O9/c1-6-46-28(41)16-15-26(33(44)47-7-2)37-31(42)23-13-11-22(12-14-23)24(20-49-29-10-8-9-17-48-29)19-40-21-36-30-25(32(40)43)18-27(38-30)39-34(45)35(3,4)5/h11-14,18-19,21,26,29,32,38,43H,6-10,15-17,20H2,1-5H3,(H,37,42)(H,39,45)/t26-,29?,32?/m0/s1. The Bertz CT molecular complexity index is 1520. The lowest BCUT2D eigenvalue weighted by atomic mass is 9.96. The molecule has 14 heteroatoms. The Balaban J connectivity index is 1.52. The van der Waals surface area contributed by atoms with E-state index in [2.05, 4.69) is 20.6 Å². The SMILES string of the molecule is CCOC(=O)CC[C@H](NC(=O)c1ccc(C(=CN2C=Nc3[nH]c(NC(=O)C(C)(C)C)cc3C2O)COC2CCCCO2)cc1)C(=O)OCC. The molecule has 2 unspecified atom stereocenters. The van der Waals surface area contributed by atoms with Gasteiger partial charge >= 0.3 is 11.9 Å². The summed E-state index contributed by atoms with van der Waals surface area (Å²) < 4.78 is 21.9. The van der Waals surface area contributed by atoms with Gasteiger partial charge in [-0.15, -0.1) is 0 Å². The summed E-state index contributed by atoms with van der Waals surface area (Å²) >= 11 is 0. The van der Waals surface area contributed by atoms with Crippen molar-refractivity contribution in [2.24, 2.45) is 10.4 Å². The predicted molar refractivity (Wildman–Crippen MR) is 182 cm³/mol. The zero-order chi connectivity index (χ0) is 35.6. The van der Waals surface area contributed by atoms with Gasteiger partial charge in [0.25, 0.3) is 5.91 Å². The van der Waals surface area contributed by atoms with Gasteiger partial charge in [-0.05, 0) is 63.3 Å². The van der Waals surface area contributed by atoms with Crippen LogP contribution in [0.5, 0.6) is 0 Å². The van der Waals surface area contributed by atoms with Gasteiger partial charge in [-0.1, -0.05) is 32.9 Å². The highest BCUT2D eigenvalue weighted by molar-refractivity contribution is 5.97. The number of aliphatic hydroxyl groups is 1. The van der Waals surface area contributed by atoms with E-state index in [1.165, 1.54) is 11.2 Å². The lowest BCUT2D eigenvalue weighted by Gasteiger charge is -2.27. The van der Waals surface area contributed by atoms with E-state index in [-0.39, 0.29) is 50.4 Å². The number of anilines is 1. The zero-order valence-electron chi connectivity index (χ0n) is 28.7. The van der Waals surface area contributed by atoms with Gasteiger partial charge in [-0.2, -0.15) is 0 Å². The van der Waals surface area contributed by atoms with Gasteiger partial charge in [0, 0.05) is 41.3 Å². The lowest BCUT2D eigenvalue weighted by molar-refractivity contribution is -0.154. The van der Waals surface area contributed by atoms with Crippen LogP contribution in [0.4, 0.5) is 11.6 Å². The summed E-state index contributed by atoms with van der Waals surface area (Å²) in [4.78, 5) is 59.1. The van der Waals surface area contributed by atoms with Crippen LogP contribution in [-0.2, 0) is 33.3 Å². The Kier molecular flexibility index (Phi) is 13.1. The Morgan fingerprint density at radius 3 is 2.47 bits per heavy atom. The maximum absolute atomic E-state index is 13.2. The average molecular weight is 682 g/mol. The molecule has 0 aliphatic carbocycles. The number of benzene rings is 1. The topological polar surface area (TPSA) is 181 Å². The van der Waals surface area contributed by atoms with Crippen LogP contribution in [0.3, 0.4) is 0 Å². The fourth-order valence-corrected chi connectivity index (χ4v) is 5.06. The quantitative estimate of drug-likeness (QED) is 0.207. The molecule has 0 bridgehead atoms. The number of carbonyl (C=O) groups is 4. The molecule has 3 atom stereocenters. The predicted octanol–water partition coefficient (Wildman–Crippen LogP) is 4.55. The van der Waals surface area contributed by atoms with Crippen molar-refractivity contribution in [3.8, 4) is 0 Å². The first-order valence-electron chi connectivity index (χ1n) is 16.6. The van der Waals surface area contributed by atoms with Crippen molar-refractivity contribution in [1.29, 1.82) is 0 Å². The largest absolute Gasteiger partial charge is 0.466 e. The summed E-state index contributed by atoms with van der Waals surface area (Å²) in [6, 6.07) is 7.31. The van der Waals surface area contributed by atoms with Crippen molar-refractivity contribution in [2.45, 2.75) is 85.3 Å². The van der Waals surface area contributed by atoms with E-state index in [0.717, 1.165) is 19.3 Å². The number of hydrogen-bond donors (Lipinski definition) is 4. The summed E-state index contributed by atoms with van der Waals surface area (Å²) in [6.07, 6.45) is 4.38. The van der Waals surface area contributed by atoms with Gasteiger partial charge in [0.15, 0.2) is 12.5 Å². The second kappa shape index (κ2) is 17.2. The number of ether oxygens (including phenoxy) is 4. The van der Waals surface area contributed by atoms with Gasteiger partial charge in [0.05, 0.1) is 26.2 Å². The van der Waals surface area contributed by atoms with Gasteiger partial charge < -0.3 is 44.6 Å². The van der Waals surface area contributed by atoms with Crippen LogP contribution in [0.2, 0.25) is 0 Å². The van der Waals surface area contributed by atoms with E-state index >= 15 is 0 Å². The van der Waals surface area contributed by atoms with Crippen molar-refractivity contribution in [2.75, 3.05) is 31.7 Å². The van der Waals surface area contributed by atoms with Crippen molar-refractivity contribution >= 4 is 47.3 Å². The molecule has 1 fully saturated rings. The zero-order valence-corrected chi connectivity index (χ0v) is 28.7. The van der Waals surface area contributed by atoms with Crippen LogP contribution >= 0.6 is 0 Å². The van der Waals surface area contributed by atoms with E-state index in [1.807, 2.05) is 0 Å². The number of aliphatic hydroxyl groups excluding tert-OH is 1. The van der Waals surface area contributed by atoms with Gasteiger partial charge in [0.2, 0.25) is 5.91 Å². The smallest absolute Gasteiger partial charge is 0.328 e. The van der Waals surface area contributed by atoms with Crippen molar-refractivity contribution in [1.82, 2.24) is 15.2 Å². The molecule has 1 aromatic heterocycles. The van der Waals surface area contributed by atoms with Crippen LogP contribution in [0.15, 0.2) is 41.5 Å². The number of aromatic amines is 1. The number of fused-ring (bicyclic) bond motifs is 1. The monoisotopic (exact) mass is 681 g/mol. The molecule has 1 aromatic carbocycles. The second-order valence-corrected chi connectivity index (χ2v) is 12.7. The summed E-state index contributed by atoms with van der Waals surface area (Å²) in [5.74, 6) is -0.965. The van der Waals surface area contributed by atoms with Crippen molar-refractivity contribution in [3.63, 3.8) is 0 Å². The van der Waals surface area contributed by atoms with Gasteiger partial charge in [-0.3, -0.25) is 14.4 Å². The van der Waals surface area contributed by atoms with E-state index in [0.29, 0.717) is 34.9 Å². The van der Waals surface area contributed by atoms with Crippen molar-refractivity contribution < 1.29 is 43.2 Å². The maximum atomic E-state index is 13.2. The number of amides is 2. The van der Waals surface area contributed by atoms with Crippen LogP contribution < -0.4 is 10.6 Å². The molecule has 2 aliphatic rings. The first-order valence-corrected chi connectivity index (χ1v) is 16.6. The third-order valence-corrected chi connectivity index (χ3v) is 7.84. The average Bonchev–Trinajstić information content (AvgIpc) is 3.49. The summed E-state index contributed by atoms with van der Waals surface area (Å²) in [5, 5.41) is 16.8. The van der Waals surface area contributed by atoms with Crippen molar-refractivity contribution in [3.05, 3.63) is 53.2 Å². The Morgan fingerprint density at radius 1 is 1.10 bits per heavy atom. The van der Waals surface area contributed by atoms with Crippen LogP contribution in [0, 0.1) is 5.41 Å². The summed E-state index contributed by atoms with van der Waals surface area (Å²) in [7, 11) is 0. The molecule has 0 saturated carbocycles. The number of nitrogens with one attached hydrogen (secondary N) is 3. The number of H-pyrrole nitrogens is 1. The molecule has 2 amide bonds. The van der Waals surface area contributed by atoms with Crippen LogP contribution in [-0.4, -0.2) is 83.8 Å². The molecule has 1 saturated heterocycles. The first kappa shape index (κ1) is 37.3. The molecule has 0 radical (unpaired) electrons. The lowest BCUT2D eigenvalue weighted by Crippen LogP contribution is -2.42. The summed E-state index contributed by atoms with van der Waals surface area (Å²) in [6.45, 7) is 9.86. The third-order valence-electron chi connectivity index (χ3n) is 7.84. The Morgan fingerprint density at radius 2 is 1.82 bits per heavy atom. The molecule has 0 spiro atoms. The van der Waals surface area contributed by atoms with Crippen LogP contribution in [0.1, 0.15) is 94.4 Å².